The number of anilines is 1. The lowest BCUT2D eigenvalue weighted by Crippen LogP contribution is -2.29. The Hall–Kier alpha value is -1.44. The second-order valence-corrected chi connectivity index (χ2v) is 9.21. The van der Waals surface area contributed by atoms with E-state index in [1.807, 2.05) is 36.6 Å². The predicted molar refractivity (Wildman–Crippen MR) is 104 cm³/mol. The van der Waals surface area contributed by atoms with Gasteiger partial charge >= 0.3 is 0 Å². The number of sulfonamides is 1. The summed E-state index contributed by atoms with van der Waals surface area (Å²) in [6.07, 6.45) is 4.39. The molecule has 25 heavy (non-hydrogen) atoms. The fourth-order valence-corrected chi connectivity index (χ4v) is 5.10. The van der Waals surface area contributed by atoms with Gasteiger partial charge in [-0.3, -0.25) is 0 Å². The number of rotatable bonds is 7. The number of nitrogens with one attached hydrogen (secondary N) is 1. The van der Waals surface area contributed by atoms with E-state index in [1.165, 1.54) is 19.3 Å². The minimum Gasteiger partial charge on any atom is -0.348 e. The van der Waals surface area contributed by atoms with Crippen molar-refractivity contribution in [1.29, 1.82) is 0 Å². The van der Waals surface area contributed by atoms with Crippen LogP contribution in [0.3, 0.4) is 0 Å². The summed E-state index contributed by atoms with van der Waals surface area (Å²) in [5.41, 5.74) is 2.85. The van der Waals surface area contributed by atoms with Gasteiger partial charge in [0.25, 0.3) is 0 Å². The van der Waals surface area contributed by atoms with E-state index in [0.717, 1.165) is 35.0 Å². The smallest absolute Gasteiger partial charge is 0.215 e. The fraction of sp³-hybridized carbons (Fsp3) is 0.500. The van der Waals surface area contributed by atoms with Gasteiger partial charge in [0.2, 0.25) is 10.0 Å². The third-order valence-electron chi connectivity index (χ3n) is 4.31. The van der Waals surface area contributed by atoms with Gasteiger partial charge in [-0.05, 0) is 31.7 Å². The Morgan fingerprint density at radius 1 is 1.24 bits per heavy atom. The van der Waals surface area contributed by atoms with E-state index in [-0.39, 0.29) is 5.75 Å². The van der Waals surface area contributed by atoms with Gasteiger partial charge in [0.1, 0.15) is 0 Å². The van der Waals surface area contributed by atoms with Gasteiger partial charge in [-0.2, -0.15) is 0 Å². The molecule has 0 spiro atoms. The summed E-state index contributed by atoms with van der Waals surface area (Å²) in [6, 6.07) is 7.60. The maximum absolute atomic E-state index is 12.2. The van der Waals surface area contributed by atoms with Crippen LogP contribution in [0.4, 0.5) is 5.13 Å². The molecular weight excluding hydrogens is 354 g/mol. The Morgan fingerprint density at radius 3 is 2.80 bits per heavy atom. The Morgan fingerprint density at radius 2 is 2.04 bits per heavy atom. The largest absolute Gasteiger partial charge is 0.348 e. The predicted octanol–water partition coefficient (Wildman–Crippen LogP) is 3.10. The minimum atomic E-state index is -3.32. The van der Waals surface area contributed by atoms with E-state index < -0.39 is 10.0 Å². The summed E-state index contributed by atoms with van der Waals surface area (Å²) in [5.74, 6) is 0.0186. The third-order valence-corrected chi connectivity index (χ3v) is 6.62. The number of aromatic nitrogens is 1. The highest BCUT2D eigenvalue weighted by Gasteiger charge is 2.15. The van der Waals surface area contributed by atoms with Crippen molar-refractivity contribution < 1.29 is 8.42 Å². The summed E-state index contributed by atoms with van der Waals surface area (Å²) in [7, 11) is -3.32. The molecule has 2 aromatic rings. The van der Waals surface area contributed by atoms with Crippen molar-refractivity contribution in [3.63, 3.8) is 0 Å². The topological polar surface area (TPSA) is 62.3 Å². The average molecular weight is 380 g/mol. The molecule has 0 bridgehead atoms. The molecule has 3 rings (SSSR count). The van der Waals surface area contributed by atoms with E-state index in [1.54, 1.807) is 11.3 Å². The fourth-order valence-electron chi connectivity index (χ4n) is 3.05. The number of hydrogen-bond acceptors (Lipinski definition) is 5. The molecule has 0 radical (unpaired) electrons. The Balaban J connectivity index is 1.49. The van der Waals surface area contributed by atoms with Gasteiger partial charge < -0.3 is 4.90 Å². The molecule has 0 amide bonds. The lowest BCUT2D eigenvalue weighted by Gasteiger charge is -2.25. The highest BCUT2D eigenvalue weighted by molar-refractivity contribution is 7.88. The molecule has 7 heteroatoms. The maximum atomic E-state index is 12.2. The second-order valence-electron chi connectivity index (χ2n) is 6.56. The summed E-state index contributed by atoms with van der Waals surface area (Å²) in [4.78, 5) is 6.99. The normalized spacial score (nSPS) is 15.5. The Bertz CT molecular complexity index is 796. The molecule has 5 nitrogen and oxygen atoms in total. The number of hydrogen-bond donors (Lipinski definition) is 1. The molecule has 0 atom stereocenters. The van der Waals surface area contributed by atoms with Crippen LogP contribution in [-0.4, -0.2) is 33.0 Å². The zero-order valence-corrected chi connectivity index (χ0v) is 16.2. The molecule has 2 heterocycles. The molecular formula is C18H25N3O2S2. The van der Waals surface area contributed by atoms with E-state index >= 15 is 0 Å². The zero-order valence-electron chi connectivity index (χ0n) is 14.6. The first-order chi connectivity index (χ1) is 12.0. The molecule has 0 unspecified atom stereocenters. The first-order valence-electron chi connectivity index (χ1n) is 8.74. The van der Waals surface area contributed by atoms with Crippen LogP contribution in [0.5, 0.6) is 0 Å². The Kier molecular flexibility index (Phi) is 6.09. The quantitative estimate of drug-likeness (QED) is 0.803. The number of benzene rings is 1. The van der Waals surface area contributed by atoms with Gasteiger partial charge in [-0.15, -0.1) is 11.3 Å². The van der Waals surface area contributed by atoms with Crippen molar-refractivity contribution in [3.8, 4) is 0 Å². The monoisotopic (exact) mass is 379 g/mol. The highest BCUT2D eigenvalue weighted by Crippen LogP contribution is 2.24. The first-order valence-corrected chi connectivity index (χ1v) is 11.3. The van der Waals surface area contributed by atoms with Gasteiger partial charge in [-0.25, -0.2) is 18.1 Å². The lowest BCUT2D eigenvalue weighted by molar-refractivity contribution is 0.575. The van der Waals surface area contributed by atoms with Crippen LogP contribution in [0.15, 0.2) is 29.6 Å². The van der Waals surface area contributed by atoms with Crippen molar-refractivity contribution in [3.05, 3.63) is 46.5 Å². The van der Waals surface area contributed by atoms with Crippen molar-refractivity contribution >= 4 is 26.5 Å². The molecule has 1 aliphatic rings. The van der Waals surface area contributed by atoms with Gasteiger partial charge in [0, 0.05) is 31.4 Å². The molecule has 1 aliphatic heterocycles. The van der Waals surface area contributed by atoms with Crippen LogP contribution in [0.2, 0.25) is 0 Å². The standard InChI is InChI=1S/C18H25N3O2S2/c1-15-6-5-7-16(12-15)14-25(22,23)19-9-8-17-13-24-18(20-17)21-10-3-2-4-11-21/h5-7,12-13,19H,2-4,8-11,14H2,1H3. The number of aryl methyl sites for hydroxylation is 1. The van der Waals surface area contributed by atoms with Gasteiger partial charge in [0.15, 0.2) is 5.13 Å². The van der Waals surface area contributed by atoms with E-state index in [4.69, 9.17) is 0 Å². The summed E-state index contributed by atoms with van der Waals surface area (Å²) in [5, 5.41) is 3.11. The van der Waals surface area contributed by atoms with Crippen LogP contribution in [0, 0.1) is 6.92 Å². The highest BCUT2D eigenvalue weighted by atomic mass is 32.2. The lowest BCUT2D eigenvalue weighted by atomic mass is 10.1. The second kappa shape index (κ2) is 8.29. The van der Waals surface area contributed by atoms with E-state index in [0.29, 0.717) is 13.0 Å². The zero-order chi connectivity index (χ0) is 17.7. The van der Waals surface area contributed by atoms with Gasteiger partial charge in [-0.1, -0.05) is 29.8 Å². The van der Waals surface area contributed by atoms with Crippen LogP contribution < -0.4 is 9.62 Å². The van der Waals surface area contributed by atoms with E-state index in [9.17, 15) is 8.42 Å². The minimum absolute atomic E-state index is 0.0186. The molecule has 1 N–H and O–H groups in total. The van der Waals surface area contributed by atoms with Crippen molar-refractivity contribution in [1.82, 2.24) is 9.71 Å². The van der Waals surface area contributed by atoms with Crippen molar-refractivity contribution in [2.45, 2.75) is 38.4 Å². The first kappa shape index (κ1) is 18.4. The molecule has 1 fully saturated rings. The van der Waals surface area contributed by atoms with E-state index in [2.05, 4.69) is 14.6 Å². The SMILES string of the molecule is Cc1cccc(CS(=O)(=O)NCCc2csc(N3CCCCC3)n2)c1. The molecule has 1 saturated heterocycles. The van der Waals surface area contributed by atoms with Crippen LogP contribution >= 0.6 is 11.3 Å². The van der Waals surface area contributed by atoms with Crippen molar-refractivity contribution in [2.75, 3.05) is 24.5 Å². The van der Waals surface area contributed by atoms with Crippen LogP contribution in [0.25, 0.3) is 0 Å². The number of thiazole rings is 1. The molecule has 0 aliphatic carbocycles. The molecule has 136 valence electrons. The summed E-state index contributed by atoms with van der Waals surface area (Å²) < 4.78 is 27.1. The number of piperidine rings is 1. The van der Waals surface area contributed by atoms with Gasteiger partial charge in [0.05, 0.1) is 11.4 Å². The molecule has 0 saturated carbocycles. The summed E-state index contributed by atoms with van der Waals surface area (Å²) >= 11 is 1.66. The van der Waals surface area contributed by atoms with Crippen molar-refractivity contribution in [2.24, 2.45) is 0 Å². The number of nitrogens with zero attached hydrogens (tertiary/aromatic N) is 2. The van der Waals surface area contributed by atoms with Crippen LogP contribution in [0.1, 0.15) is 36.1 Å². The van der Waals surface area contributed by atoms with Crippen LogP contribution in [-0.2, 0) is 22.2 Å². The third kappa shape index (κ3) is 5.52. The molecule has 1 aromatic carbocycles. The maximum Gasteiger partial charge on any atom is 0.215 e. The Labute approximate surface area is 154 Å². The summed E-state index contributed by atoms with van der Waals surface area (Å²) in [6.45, 7) is 4.51. The average Bonchev–Trinajstić information content (AvgIpc) is 3.04. The molecule has 1 aromatic heterocycles.